The zero-order valence-electron chi connectivity index (χ0n) is 13.2. The predicted molar refractivity (Wildman–Crippen MR) is 80.9 cm³/mol. The van der Waals surface area contributed by atoms with Gasteiger partial charge in [-0.1, -0.05) is 44.2 Å². The van der Waals surface area contributed by atoms with Gasteiger partial charge in [0.25, 0.3) is 0 Å². The molecule has 2 atom stereocenters. The first kappa shape index (κ1) is 17.2. The summed E-state index contributed by atoms with van der Waals surface area (Å²) in [6, 6.07) is 8.88. The number of hydrogen-bond donors (Lipinski definition) is 0. The van der Waals surface area contributed by atoms with E-state index in [4.69, 9.17) is 9.47 Å². The van der Waals surface area contributed by atoms with Crippen LogP contribution in [0.4, 0.5) is 0 Å². The van der Waals surface area contributed by atoms with Crippen molar-refractivity contribution in [2.24, 2.45) is 0 Å². The highest BCUT2D eigenvalue weighted by molar-refractivity contribution is 6.00. The first-order chi connectivity index (χ1) is 9.99. The lowest BCUT2D eigenvalue weighted by Crippen LogP contribution is -2.30. The molecule has 1 aromatic carbocycles. The second-order valence-corrected chi connectivity index (χ2v) is 5.16. The monoisotopic (exact) mass is 292 g/mol. The summed E-state index contributed by atoms with van der Waals surface area (Å²) in [6.07, 6.45) is 0.960. The van der Waals surface area contributed by atoms with Gasteiger partial charge < -0.3 is 9.47 Å². The molecular formula is C17H24O4. The third-order valence-electron chi connectivity index (χ3n) is 3.39. The lowest BCUT2D eigenvalue weighted by molar-refractivity contribution is -0.162. The van der Waals surface area contributed by atoms with Gasteiger partial charge >= 0.3 is 11.9 Å². The van der Waals surface area contributed by atoms with Gasteiger partial charge in [0.1, 0.15) is 0 Å². The van der Waals surface area contributed by atoms with Crippen LogP contribution in [0.1, 0.15) is 52.0 Å². The average molecular weight is 292 g/mol. The van der Waals surface area contributed by atoms with Gasteiger partial charge in [0, 0.05) is 0 Å². The maximum atomic E-state index is 12.3. The third kappa shape index (κ3) is 5.21. The van der Waals surface area contributed by atoms with Crippen molar-refractivity contribution in [3.63, 3.8) is 0 Å². The summed E-state index contributed by atoms with van der Waals surface area (Å²) in [5.74, 6) is -2.12. The van der Waals surface area contributed by atoms with Crippen LogP contribution in [0.5, 0.6) is 0 Å². The van der Waals surface area contributed by atoms with Gasteiger partial charge in [0.15, 0.2) is 5.92 Å². The van der Waals surface area contributed by atoms with Gasteiger partial charge in [-0.25, -0.2) is 0 Å². The Morgan fingerprint density at radius 2 is 1.33 bits per heavy atom. The largest absolute Gasteiger partial charge is 0.462 e. The Morgan fingerprint density at radius 1 is 0.905 bits per heavy atom. The van der Waals surface area contributed by atoms with Crippen molar-refractivity contribution in [1.29, 1.82) is 0 Å². The highest BCUT2D eigenvalue weighted by Crippen LogP contribution is 2.21. The van der Waals surface area contributed by atoms with E-state index in [2.05, 4.69) is 0 Å². The van der Waals surface area contributed by atoms with E-state index in [1.54, 1.807) is 38.1 Å². The zero-order chi connectivity index (χ0) is 15.8. The number of carbonyl (C=O) groups is 2. The van der Waals surface area contributed by atoms with Gasteiger partial charge in [-0.2, -0.15) is 0 Å². The number of hydrogen-bond acceptors (Lipinski definition) is 4. The number of esters is 2. The SMILES string of the molecule is CCC(C)OC(=O)C(C(=O)OC(C)CC)c1ccccc1. The second kappa shape index (κ2) is 8.45. The maximum absolute atomic E-state index is 12.3. The molecule has 0 saturated carbocycles. The average Bonchev–Trinajstić information content (AvgIpc) is 2.48. The molecule has 4 heteroatoms. The van der Waals surface area contributed by atoms with Crippen molar-refractivity contribution in [2.75, 3.05) is 0 Å². The maximum Gasteiger partial charge on any atom is 0.325 e. The molecule has 2 unspecified atom stereocenters. The van der Waals surface area contributed by atoms with Crippen molar-refractivity contribution in [3.05, 3.63) is 35.9 Å². The third-order valence-corrected chi connectivity index (χ3v) is 3.39. The summed E-state index contributed by atoms with van der Waals surface area (Å²) in [7, 11) is 0. The van der Waals surface area contributed by atoms with E-state index in [0.29, 0.717) is 18.4 Å². The highest BCUT2D eigenvalue weighted by atomic mass is 16.6. The van der Waals surface area contributed by atoms with Crippen LogP contribution in [-0.2, 0) is 19.1 Å². The quantitative estimate of drug-likeness (QED) is 0.570. The van der Waals surface area contributed by atoms with Crippen LogP contribution >= 0.6 is 0 Å². The van der Waals surface area contributed by atoms with Crippen LogP contribution in [0.3, 0.4) is 0 Å². The summed E-state index contributed by atoms with van der Waals surface area (Å²) in [5, 5.41) is 0. The van der Waals surface area contributed by atoms with E-state index in [1.807, 2.05) is 19.9 Å². The summed E-state index contributed by atoms with van der Waals surface area (Å²) in [4.78, 5) is 24.6. The Balaban J connectivity index is 2.95. The Kier molecular flexibility index (Phi) is 6.92. The molecule has 0 radical (unpaired) electrons. The molecule has 0 aliphatic heterocycles. The molecule has 0 aromatic heterocycles. The Morgan fingerprint density at radius 3 is 1.71 bits per heavy atom. The van der Waals surface area contributed by atoms with Crippen LogP contribution in [-0.4, -0.2) is 24.1 Å². The molecule has 0 N–H and O–H groups in total. The van der Waals surface area contributed by atoms with E-state index in [1.165, 1.54) is 0 Å². The summed E-state index contributed by atoms with van der Waals surface area (Å²) >= 11 is 0. The first-order valence-electron chi connectivity index (χ1n) is 7.45. The van der Waals surface area contributed by atoms with Gasteiger partial charge in [-0.3, -0.25) is 9.59 Å². The molecular weight excluding hydrogens is 268 g/mol. The fourth-order valence-electron chi connectivity index (χ4n) is 1.71. The number of carbonyl (C=O) groups excluding carboxylic acids is 2. The van der Waals surface area contributed by atoms with Crippen LogP contribution in [0.2, 0.25) is 0 Å². The molecule has 1 rings (SSSR count). The normalized spacial score (nSPS) is 14.9. The first-order valence-corrected chi connectivity index (χ1v) is 7.45. The molecule has 0 aliphatic rings. The molecule has 0 aliphatic carbocycles. The van der Waals surface area contributed by atoms with E-state index in [0.717, 1.165) is 0 Å². The zero-order valence-corrected chi connectivity index (χ0v) is 13.2. The second-order valence-electron chi connectivity index (χ2n) is 5.16. The lowest BCUT2D eigenvalue weighted by Gasteiger charge is -2.20. The van der Waals surface area contributed by atoms with Crippen LogP contribution in [0, 0.1) is 0 Å². The van der Waals surface area contributed by atoms with Crippen molar-refractivity contribution in [2.45, 2.75) is 58.7 Å². The molecule has 21 heavy (non-hydrogen) atoms. The molecule has 0 heterocycles. The molecule has 116 valence electrons. The van der Waals surface area contributed by atoms with Crippen molar-refractivity contribution < 1.29 is 19.1 Å². The van der Waals surface area contributed by atoms with E-state index >= 15 is 0 Å². The Hall–Kier alpha value is -1.84. The van der Waals surface area contributed by atoms with E-state index < -0.39 is 17.9 Å². The summed E-state index contributed by atoms with van der Waals surface area (Å²) in [5.41, 5.74) is 0.596. The lowest BCUT2D eigenvalue weighted by atomic mass is 9.99. The summed E-state index contributed by atoms with van der Waals surface area (Å²) in [6.45, 7) is 7.46. The van der Waals surface area contributed by atoms with Gasteiger partial charge in [0.2, 0.25) is 0 Å². The Labute approximate surface area is 126 Å². The van der Waals surface area contributed by atoms with Crippen LogP contribution in [0.25, 0.3) is 0 Å². The predicted octanol–water partition coefficient (Wildman–Crippen LogP) is 3.45. The molecule has 1 aromatic rings. The minimum absolute atomic E-state index is 0.222. The number of ether oxygens (including phenoxy) is 2. The van der Waals surface area contributed by atoms with Gasteiger partial charge in [0.05, 0.1) is 12.2 Å². The van der Waals surface area contributed by atoms with Gasteiger partial charge in [-0.15, -0.1) is 0 Å². The van der Waals surface area contributed by atoms with E-state index in [-0.39, 0.29) is 12.2 Å². The van der Waals surface area contributed by atoms with Crippen LogP contribution in [0.15, 0.2) is 30.3 Å². The minimum Gasteiger partial charge on any atom is -0.462 e. The number of rotatable bonds is 7. The molecule has 0 fully saturated rings. The minimum atomic E-state index is -1.02. The Bertz CT molecular complexity index is 431. The van der Waals surface area contributed by atoms with Crippen molar-refractivity contribution >= 4 is 11.9 Å². The molecule has 0 bridgehead atoms. The molecule has 0 saturated heterocycles. The summed E-state index contributed by atoms with van der Waals surface area (Å²) < 4.78 is 10.6. The molecule has 4 nitrogen and oxygen atoms in total. The van der Waals surface area contributed by atoms with E-state index in [9.17, 15) is 9.59 Å². The molecule has 0 spiro atoms. The van der Waals surface area contributed by atoms with Crippen molar-refractivity contribution in [1.82, 2.24) is 0 Å². The number of benzene rings is 1. The van der Waals surface area contributed by atoms with Crippen LogP contribution < -0.4 is 0 Å². The smallest absolute Gasteiger partial charge is 0.325 e. The standard InChI is InChI=1S/C17H24O4/c1-5-12(3)20-16(18)15(14-10-8-7-9-11-14)17(19)21-13(4)6-2/h7-13,15H,5-6H2,1-4H3. The fraction of sp³-hybridized carbons (Fsp3) is 0.529. The van der Waals surface area contributed by atoms with Crippen molar-refractivity contribution in [3.8, 4) is 0 Å². The van der Waals surface area contributed by atoms with Gasteiger partial charge in [-0.05, 0) is 32.3 Å². The topological polar surface area (TPSA) is 52.6 Å². The fourth-order valence-corrected chi connectivity index (χ4v) is 1.71. The highest BCUT2D eigenvalue weighted by Gasteiger charge is 2.33. The molecule has 0 amide bonds.